The van der Waals surface area contributed by atoms with Gasteiger partial charge in [-0.1, -0.05) is 12.1 Å². The molecule has 1 aromatic carbocycles. The lowest BCUT2D eigenvalue weighted by Gasteiger charge is -2.08. The zero-order valence-corrected chi connectivity index (χ0v) is 13.5. The summed E-state index contributed by atoms with van der Waals surface area (Å²) in [7, 11) is 0. The minimum Gasteiger partial charge on any atom is -0.310 e. The number of hydrogen-bond acceptors (Lipinski definition) is 3. The van der Waals surface area contributed by atoms with E-state index in [1.54, 1.807) is 18.5 Å². The minimum absolute atomic E-state index is 0.283. The second-order valence-electron chi connectivity index (χ2n) is 6.33. The molecule has 1 saturated carbocycles. The first-order valence-corrected chi connectivity index (χ1v) is 7.93. The van der Waals surface area contributed by atoms with E-state index in [0.29, 0.717) is 0 Å². The Morgan fingerprint density at radius 3 is 2.72 bits per heavy atom. The number of nitrogens with zero attached hydrogens (tertiary/aromatic N) is 2. The Kier molecular flexibility index (Phi) is 3.49. The van der Waals surface area contributed by atoms with E-state index in [1.165, 1.54) is 0 Å². The van der Waals surface area contributed by atoms with Crippen LogP contribution in [0, 0.1) is 12.8 Å². The zero-order chi connectivity index (χ0) is 17.6. The number of rotatable bonds is 3. The number of halogens is 2. The molecule has 0 bridgehead atoms. The van der Waals surface area contributed by atoms with Crippen LogP contribution in [-0.2, 0) is 4.79 Å². The molecule has 1 aliphatic rings. The fraction of sp³-hybridized carbons (Fsp3) is 0.211. The minimum atomic E-state index is -2.88. The molecule has 25 heavy (non-hydrogen) atoms. The van der Waals surface area contributed by atoms with E-state index in [0.717, 1.165) is 27.5 Å². The van der Waals surface area contributed by atoms with E-state index in [-0.39, 0.29) is 12.2 Å². The number of pyridine rings is 2. The van der Waals surface area contributed by atoms with Crippen molar-refractivity contribution in [3.63, 3.8) is 0 Å². The number of carbonyl (C=O) groups is 1. The van der Waals surface area contributed by atoms with E-state index in [2.05, 4.69) is 15.3 Å². The van der Waals surface area contributed by atoms with Crippen LogP contribution in [0.15, 0.2) is 48.9 Å². The van der Waals surface area contributed by atoms with Crippen molar-refractivity contribution in [1.29, 1.82) is 0 Å². The van der Waals surface area contributed by atoms with E-state index >= 15 is 0 Å². The summed E-state index contributed by atoms with van der Waals surface area (Å²) < 4.78 is 25.9. The molecule has 1 fully saturated rings. The van der Waals surface area contributed by atoms with Crippen molar-refractivity contribution >= 4 is 22.5 Å². The Morgan fingerprint density at radius 2 is 2.00 bits per heavy atom. The van der Waals surface area contributed by atoms with Gasteiger partial charge < -0.3 is 5.32 Å². The third kappa shape index (κ3) is 2.95. The van der Waals surface area contributed by atoms with Gasteiger partial charge in [0, 0.05) is 36.0 Å². The summed E-state index contributed by atoms with van der Waals surface area (Å²) in [4.78, 5) is 20.1. The predicted molar refractivity (Wildman–Crippen MR) is 91.4 cm³/mol. The number of fused-ring (bicyclic) bond motifs is 1. The molecule has 1 atom stereocenters. The highest BCUT2D eigenvalue weighted by atomic mass is 19.3. The topological polar surface area (TPSA) is 54.9 Å². The smallest absolute Gasteiger partial charge is 0.260 e. The lowest BCUT2D eigenvalue weighted by atomic mass is 10.0. The number of nitrogens with one attached hydrogen (secondary N) is 1. The van der Waals surface area contributed by atoms with Gasteiger partial charge in [-0.15, -0.1) is 0 Å². The molecule has 4 nitrogen and oxygen atoms in total. The van der Waals surface area contributed by atoms with Crippen molar-refractivity contribution in [1.82, 2.24) is 9.97 Å². The Hall–Kier alpha value is -2.89. The van der Waals surface area contributed by atoms with Gasteiger partial charge in [0.05, 0.1) is 0 Å². The number of hydrogen-bond donors (Lipinski definition) is 1. The van der Waals surface area contributed by atoms with Crippen molar-refractivity contribution < 1.29 is 13.6 Å². The van der Waals surface area contributed by atoms with E-state index in [9.17, 15) is 13.6 Å². The molecule has 0 saturated heterocycles. The predicted octanol–water partition coefficient (Wildman–Crippen LogP) is 4.20. The van der Waals surface area contributed by atoms with Crippen LogP contribution in [0.1, 0.15) is 12.0 Å². The molecule has 0 aliphatic heterocycles. The van der Waals surface area contributed by atoms with Crippen molar-refractivity contribution in [2.75, 3.05) is 5.32 Å². The molecule has 4 rings (SSSR count). The number of aromatic nitrogens is 2. The first-order valence-electron chi connectivity index (χ1n) is 7.93. The summed E-state index contributed by atoms with van der Waals surface area (Å²) >= 11 is 0. The molecule has 2 heterocycles. The fourth-order valence-corrected chi connectivity index (χ4v) is 2.85. The molecule has 1 aliphatic carbocycles. The maximum atomic E-state index is 13.0. The third-order valence-corrected chi connectivity index (χ3v) is 4.47. The van der Waals surface area contributed by atoms with Crippen LogP contribution in [0.5, 0.6) is 0 Å². The lowest BCUT2D eigenvalue weighted by molar-refractivity contribution is -0.119. The number of benzene rings is 1. The van der Waals surface area contributed by atoms with Gasteiger partial charge in [0.2, 0.25) is 5.91 Å². The first kappa shape index (κ1) is 15.6. The van der Waals surface area contributed by atoms with Crippen LogP contribution in [0.25, 0.3) is 21.9 Å². The molecule has 0 spiro atoms. The molecule has 3 aromatic rings. The molecule has 6 heteroatoms. The van der Waals surface area contributed by atoms with Crippen LogP contribution >= 0.6 is 0 Å². The lowest BCUT2D eigenvalue weighted by Crippen LogP contribution is -2.18. The molecule has 0 unspecified atom stereocenters. The molecule has 1 N–H and O–H groups in total. The third-order valence-electron chi connectivity index (χ3n) is 4.47. The number of amides is 1. The molecule has 126 valence electrons. The van der Waals surface area contributed by atoms with Gasteiger partial charge in [0.15, 0.2) is 0 Å². The number of anilines is 1. The van der Waals surface area contributed by atoms with Gasteiger partial charge in [-0.2, -0.15) is 0 Å². The summed E-state index contributed by atoms with van der Waals surface area (Å²) in [6, 6.07) is 9.51. The number of carbonyl (C=O) groups excluding carboxylic acids is 1. The molecular weight excluding hydrogens is 324 g/mol. The van der Waals surface area contributed by atoms with Gasteiger partial charge in [0.25, 0.3) is 5.92 Å². The fourth-order valence-electron chi connectivity index (χ4n) is 2.85. The maximum absolute atomic E-state index is 13.0. The van der Waals surface area contributed by atoms with Crippen molar-refractivity contribution in [2.45, 2.75) is 19.3 Å². The normalized spacial score (nSPS) is 18.1. The van der Waals surface area contributed by atoms with Gasteiger partial charge in [-0.05, 0) is 41.6 Å². The standard InChI is InChI=1S/C19H15F2N3O/c1-11-4-5-22-10-15(11)13-3-2-12-7-17(23-9-14(12)6-13)24-18(25)16-8-19(16,20)21/h2-7,9-10,16H,8H2,1H3,(H,23,24,25)/t16-/m1/s1. The van der Waals surface area contributed by atoms with Crippen molar-refractivity contribution in [3.05, 3.63) is 54.5 Å². The quantitative estimate of drug-likeness (QED) is 0.778. The van der Waals surface area contributed by atoms with Crippen LogP contribution in [0.2, 0.25) is 0 Å². The highest BCUT2D eigenvalue weighted by Gasteiger charge is 2.61. The molecular formula is C19H15F2N3O. The highest BCUT2D eigenvalue weighted by molar-refractivity contribution is 5.96. The van der Waals surface area contributed by atoms with Crippen LogP contribution < -0.4 is 5.32 Å². The largest absolute Gasteiger partial charge is 0.310 e. The summed E-state index contributed by atoms with van der Waals surface area (Å²) in [5.41, 5.74) is 3.18. The molecule has 0 radical (unpaired) electrons. The van der Waals surface area contributed by atoms with Gasteiger partial charge in [-0.25, -0.2) is 13.8 Å². The highest BCUT2D eigenvalue weighted by Crippen LogP contribution is 2.49. The summed E-state index contributed by atoms with van der Waals surface area (Å²) in [6.45, 7) is 2.02. The SMILES string of the molecule is Cc1ccncc1-c1ccc2cc(NC(=O)[C@H]3CC3(F)F)ncc2c1. The monoisotopic (exact) mass is 339 g/mol. The van der Waals surface area contributed by atoms with Gasteiger partial charge in [0.1, 0.15) is 11.7 Å². The maximum Gasteiger partial charge on any atom is 0.260 e. The Bertz CT molecular complexity index is 987. The van der Waals surface area contributed by atoms with Crippen LogP contribution in [-0.4, -0.2) is 21.8 Å². The second-order valence-corrected chi connectivity index (χ2v) is 6.33. The summed E-state index contributed by atoms with van der Waals surface area (Å²) in [6.07, 6.45) is 4.81. The van der Waals surface area contributed by atoms with Gasteiger partial charge in [-0.3, -0.25) is 9.78 Å². The van der Waals surface area contributed by atoms with Crippen molar-refractivity contribution in [3.8, 4) is 11.1 Å². The second kappa shape index (κ2) is 5.58. The van der Waals surface area contributed by atoms with E-state index in [1.807, 2.05) is 37.4 Å². The van der Waals surface area contributed by atoms with Crippen molar-refractivity contribution in [2.24, 2.45) is 5.92 Å². The van der Waals surface area contributed by atoms with Gasteiger partial charge >= 0.3 is 0 Å². The van der Waals surface area contributed by atoms with E-state index in [4.69, 9.17) is 0 Å². The first-order chi connectivity index (χ1) is 11.9. The average molecular weight is 339 g/mol. The summed E-state index contributed by atoms with van der Waals surface area (Å²) in [5.74, 6) is -4.51. The average Bonchev–Trinajstić information content (AvgIpc) is 3.24. The Morgan fingerprint density at radius 1 is 1.20 bits per heavy atom. The Labute approximate surface area is 142 Å². The number of aryl methyl sites for hydroxylation is 1. The number of alkyl halides is 2. The summed E-state index contributed by atoms with van der Waals surface area (Å²) in [5, 5.41) is 4.24. The van der Waals surface area contributed by atoms with Crippen LogP contribution in [0.3, 0.4) is 0 Å². The van der Waals surface area contributed by atoms with Crippen LogP contribution in [0.4, 0.5) is 14.6 Å². The Balaban J connectivity index is 1.61. The zero-order valence-electron chi connectivity index (χ0n) is 13.5. The van der Waals surface area contributed by atoms with E-state index < -0.39 is 17.7 Å². The molecule has 2 aromatic heterocycles. The molecule has 1 amide bonds.